The van der Waals surface area contributed by atoms with Crippen LogP contribution in [0, 0.1) is 0 Å². The molecule has 2 aromatic heterocycles. The van der Waals surface area contributed by atoms with E-state index in [9.17, 15) is 0 Å². The first-order valence-corrected chi connectivity index (χ1v) is 6.96. The second-order valence-electron chi connectivity index (χ2n) is 4.85. The van der Waals surface area contributed by atoms with Crippen molar-refractivity contribution in [3.05, 3.63) is 55.1 Å². The molecule has 1 N–H and O–H groups in total. The number of ether oxygens (including phenoxy) is 1. The Morgan fingerprint density at radius 2 is 2.05 bits per heavy atom. The Morgan fingerprint density at radius 3 is 2.82 bits per heavy atom. The molecule has 0 spiro atoms. The molecule has 3 aromatic rings. The van der Waals surface area contributed by atoms with E-state index >= 15 is 0 Å². The van der Waals surface area contributed by atoms with Gasteiger partial charge in [-0.05, 0) is 17.7 Å². The van der Waals surface area contributed by atoms with Crippen LogP contribution in [-0.4, -0.2) is 26.1 Å². The molecule has 0 bridgehead atoms. The summed E-state index contributed by atoms with van der Waals surface area (Å²) in [5, 5.41) is 3.32. The van der Waals surface area contributed by atoms with Gasteiger partial charge in [-0.1, -0.05) is 24.8 Å². The summed E-state index contributed by atoms with van der Waals surface area (Å²) >= 11 is 0. The van der Waals surface area contributed by atoms with Gasteiger partial charge in [-0.2, -0.15) is 0 Å². The first-order valence-electron chi connectivity index (χ1n) is 6.96. The zero-order valence-corrected chi connectivity index (χ0v) is 12.4. The molecule has 0 aliphatic heterocycles. The lowest BCUT2D eigenvalue weighted by Gasteiger charge is -2.08. The molecule has 3 rings (SSSR count). The molecular formula is C16H17N5O. The van der Waals surface area contributed by atoms with E-state index in [0.29, 0.717) is 18.8 Å². The van der Waals surface area contributed by atoms with Crippen LogP contribution < -0.4 is 10.1 Å². The van der Waals surface area contributed by atoms with Crippen LogP contribution >= 0.6 is 0 Å². The van der Waals surface area contributed by atoms with Gasteiger partial charge in [0.05, 0.1) is 6.33 Å². The highest BCUT2D eigenvalue weighted by molar-refractivity contribution is 5.82. The number of hydrogen-bond acceptors (Lipinski definition) is 5. The second kappa shape index (κ2) is 6.26. The van der Waals surface area contributed by atoms with E-state index in [1.807, 2.05) is 35.9 Å². The van der Waals surface area contributed by atoms with Crippen molar-refractivity contribution in [1.29, 1.82) is 0 Å². The summed E-state index contributed by atoms with van der Waals surface area (Å²) in [5.74, 6) is 1.61. The van der Waals surface area contributed by atoms with Crippen molar-refractivity contribution in [3.63, 3.8) is 0 Å². The number of aromatic nitrogens is 4. The van der Waals surface area contributed by atoms with Gasteiger partial charge in [0.2, 0.25) is 0 Å². The molecule has 2 heterocycles. The van der Waals surface area contributed by atoms with Crippen LogP contribution in [0.1, 0.15) is 5.56 Å². The third-order valence-corrected chi connectivity index (χ3v) is 3.26. The van der Waals surface area contributed by atoms with Gasteiger partial charge in [-0.15, -0.1) is 0 Å². The van der Waals surface area contributed by atoms with Crippen LogP contribution in [0.4, 0.5) is 5.82 Å². The second-order valence-corrected chi connectivity index (χ2v) is 4.85. The number of benzene rings is 1. The summed E-state index contributed by atoms with van der Waals surface area (Å²) in [4.78, 5) is 12.7. The van der Waals surface area contributed by atoms with E-state index in [-0.39, 0.29) is 0 Å². The predicted octanol–water partition coefficient (Wildman–Crippen LogP) is 2.54. The Balaban J connectivity index is 1.71. The van der Waals surface area contributed by atoms with Gasteiger partial charge in [-0.3, -0.25) is 0 Å². The molecule has 6 heteroatoms. The normalized spacial score (nSPS) is 10.6. The predicted molar refractivity (Wildman–Crippen MR) is 85.8 cm³/mol. The van der Waals surface area contributed by atoms with E-state index in [1.54, 1.807) is 12.4 Å². The van der Waals surface area contributed by atoms with Gasteiger partial charge < -0.3 is 14.6 Å². The van der Waals surface area contributed by atoms with E-state index in [1.165, 1.54) is 6.33 Å². The summed E-state index contributed by atoms with van der Waals surface area (Å²) in [7, 11) is 1.93. The van der Waals surface area contributed by atoms with E-state index in [0.717, 1.165) is 22.6 Å². The number of anilines is 1. The van der Waals surface area contributed by atoms with Crippen LogP contribution in [-0.2, 0) is 13.6 Å². The summed E-state index contributed by atoms with van der Waals surface area (Å²) in [6.45, 7) is 4.81. The van der Waals surface area contributed by atoms with Gasteiger partial charge in [-0.25, -0.2) is 15.0 Å². The Bertz CT molecular complexity index is 779. The lowest BCUT2D eigenvalue weighted by atomic mass is 10.2. The van der Waals surface area contributed by atoms with E-state index in [4.69, 9.17) is 4.74 Å². The first kappa shape index (κ1) is 14.1. The quantitative estimate of drug-likeness (QED) is 0.708. The average Bonchev–Trinajstić information content (AvgIpc) is 2.94. The zero-order valence-electron chi connectivity index (χ0n) is 12.4. The highest BCUT2D eigenvalue weighted by Crippen LogP contribution is 2.18. The maximum absolute atomic E-state index is 5.47. The molecule has 0 atom stereocenters. The summed E-state index contributed by atoms with van der Waals surface area (Å²) in [6, 6.07) is 7.93. The fourth-order valence-electron chi connectivity index (χ4n) is 2.16. The van der Waals surface area contributed by atoms with Crippen molar-refractivity contribution in [2.75, 3.05) is 11.9 Å². The zero-order chi connectivity index (χ0) is 15.4. The van der Waals surface area contributed by atoms with Crippen molar-refractivity contribution in [2.45, 2.75) is 6.54 Å². The Labute approximate surface area is 128 Å². The Hall–Kier alpha value is -2.89. The molecule has 0 fully saturated rings. The van der Waals surface area contributed by atoms with Gasteiger partial charge in [0.25, 0.3) is 0 Å². The van der Waals surface area contributed by atoms with Gasteiger partial charge in [0, 0.05) is 13.6 Å². The standard InChI is InChI=1S/C16H17N5O/c1-3-8-22-13-6-4-12(5-7-13)9-17-15-14-16(19-10-18-15)20-11-21(14)2/h3-7,10-11H,1,8-9H2,2H3,(H,17,18,19). The van der Waals surface area contributed by atoms with Crippen molar-refractivity contribution in [1.82, 2.24) is 19.5 Å². The van der Waals surface area contributed by atoms with E-state index in [2.05, 4.69) is 26.8 Å². The van der Waals surface area contributed by atoms with Crippen molar-refractivity contribution < 1.29 is 4.74 Å². The molecule has 112 valence electrons. The number of nitrogens with zero attached hydrogens (tertiary/aromatic N) is 4. The van der Waals surface area contributed by atoms with Crippen LogP contribution in [0.25, 0.3) is 11.2 Å². The van der Waals surface area contributed by atoms with Gasteiger partial charge in [0.1, 0.15) is 24.2 Å². The molecule has 0 aliphatic carbocycles. The third kappa shape index (κ3) is 2.90. The number of hydrogen-bond donors (Lipinski definition) is 1. The highest BCUT2D eigenvalue weighted by Gasteiger charge is 2.08. The SMILES string of the molecule is C=CCOc1ccc(CNc2ncnc3ncn(C)c23)cc1. The molecule has 1 aromatic carbocycles. The largest absolute Gasteiger partial charge is 0.490 e. The van der Waals surface area contributed by atoms with Crippen molar-refractivity contribution >= 4 is 17.0 Å². The summed E-state index contributed by atoms with van der Waals surface area (Å²) in [6.07, 6.45) is 4.98. The minimum atomic E-state index is 0.511. The summed E-state index contributed by atoms with van der Waals surface area (Å²) < 4.78 is 7.37. The highest BCUT2D eigenvalue weighted by atomic mass is 16.5. The maximum atomic E-state index is 5.47. The topological polar surface area (TPSA) is 64.9 Å². The number of nitrogens with one attached hydrogen (secondary N) is 1. The van der Waals surface area contributed by atoms with Crippen molar-refractivity contribution in [2.24, 2.45) is 7.05 Å². The molecule has 0 amide bonds. The van der Waals surface area contributed by atoms with E-state index < -0.39 is 0 Å². The number of rotatable bonds is 6. The fraction of sp³-hybridized carbons (Fsp3) is 0.188. The third-order valence-electron chi connectivity index (χ3n) is 3.26. The van der Waals surface area contributed by atoms with Crippen LogP contribution in [0.2, 0.25) is 0 Å². The molecule has 0 unspecified atom stereocenters. The molecule has 6 nitrogen and oxygen atoms in total. The molecular weight excluding hydrogens is 278 g/mol. The lowest BCUT2D eigenvalue weighted by Crippen LogP contribution is -2.04. The smallest absolute Gasteiger partial charge is 0.182 e. The Kier molecular flexibility index (Phi) is 4.00. The average molecular weight is 295 g/mol. The molecule has 22 heavy (non-hydrogen) atoms. The van der Waals surface area contributed by atoms with Crippen LogP contribution in [0.3, 0.4) is 0 Å². The first-order chi connectivity index (χ1) is 10.8. The number of imidazole rings is 1. The van der Waals surface area contributed by atoms with Crippen molar-refractivity contribution in [3.8, 4) is 5.75 Å². The van der Waals surface area contributed by atoms with Crippen LogP contribution in [0.15, 0.2) is 49.6 Å². The number of aryl methyl sites for hydroxylation is 1. The molecule has 0 aliphatic rings. The molecule has 0 saturated heterocycles. The monoisotopic (exact) mass is 295 g/mol. The Morgan fingerprint density at radius 1 is 1.23 bits per heavy atom. The van der Waals surface area contributed by atoms with Gasteiger partial charge >= 0.3 is 0 Å². The summed E-state index contributed by atoms with van der Waals surface area (Å²) in [5.41, 5.74) is 2.72. The lowest BCUT2D eigenvalue weighted by molar-refractivity contribution is 0.363. The minimum absolute atomic E-state index is 0.511. The maximum Gasteiger partial charge on any atom is 0.182 e. The molecule has 0 saturated carbocycles. The van der Waals surface area contributed by atoms with Gasteiger partial charge in [0.15, 0.2) is 11.5 Å². The fourth-order valence-corrected chi connectivity index (χ4v) is 2.16. The number of fused-ring (bicyclic) bond motifs is 1. The minimum Gasteiger partial charge on any atom is -0.490 e. The molecule has 0 radical (unpaired) electrons. The van der Waals surface area contributed by atoms with Crippen LogP contribution in [0.5, 0.6) is 5.75 Å².